The van der Waals surface area contributed by atoms with Crippen LogP contribution >= 0.6 is 0 Å². The molecular formula is C16H26O2. The summed E-state index contributed by atoms with van der Waals surface area (Å²) in [6.07, 6.45) is 3.25. The van der Waals surface area contributed by atoms with Gasteiger partial charge in [-0.05, 0) is 51.4 Å². The second-order valence-corrected chi connectivity index (χ2v) is 5.96. The van der Waals surface area contributed by atoms with Gasteiger partial charge in [0.15, 0.2) is 0 Å². The summed E-state index contributed by atoms with van der Waals surface area (Å²) < 4.78 is 5.26. The first-order valence-corrected chi connectivity index (χ1v) is 6.88. The molecule has 0 aromatic heterocycles. The number of hydrogen-bond acceptors (Lipinski definition) is 2. The molecule has 0 N–H and O–H groups in total. The molecule has 1 rings (SSSR count). The summed E-state index contributed by atoms with van der Waals surface area (Å²) in [5, 5.41) is 0. The third-order valence-corrected chi connectivity index (χ3v) is 3.80. The minimum absolute atomic E-state index is 0.0847. The third-order valence-electron chi connectivity index (χ3n) is 3.80. The summed E-state index contributed by atoms with van der Waals surface area (Å²) >= 11 is 0. The lowest BCUT2D eigenvalue weighted by molar-refractivity contribution is -0.143. The molecule has 102 valence electrons. The summed E-state index contributed by atoms with van der Waals surface area (Å²) in [5.41, 5.74) is 1.79. The highest BCUT2D eigenvalue weighted by molar-refractivity contribution is 5.88. The predicted molar refractivity (Wildman–Crippen MR) is 75.2 cm³/mol. The van der Waals surface area contributed by atoms with Gasteiger partial charge in [0.2, 0.25) is 0 Å². The molecular weight excluding hydrogens is 224 g/mol. The molecule has 0 aromatic rings. The van der Waals surface area contributed by atoms with E-state index in [0.29, 0.717) is 17.4 Å². The summed E-state index contributed by atoms with van der Waals surface area (Å²) in [6, 6.07) is 0. The Bertz CT molecular complexity index is 341. The fraction of sp³-hybridized carbons (Fsp3) is 0.688. The van der Waals surface area contributed by atoms with Gasteiger partial charge >= 0.3 is 5.97 Å². The minimum Gasteiger partial charge on any atom is -0.460 e. The van der Waals surface area contributed by atoms with Crippen molar-refractivity contribution in [3.05, 3.63) is 24.3 Å². The van der Waals surface area contributed by atoms with Crippen molar-refractivity contribution in [3.8, 4) is 0 Å². The smallest absolute Gasteiger partial charge is 0.333 e. The molecule has 0 aromatic carbocycles. The van der Waals surface area contributed by atoms with E-state index in [1.807, 2.05) is 13.8 Å². The highest BCUT2D eigenvalue weighted by atomic mass is 16.5. The Labute approximate surface area is 111 Å². The maximum absolute atomic E-state index is 12.0. The van der Waals surface area contributed by atoms with Crippen LogP contribution in [0, 0.1) is 17.8 Å². The van der Waals surface area contributed by atoms with Crippen molar-refractivity contribution in [1.82, 2.24) is 0 Å². The summed E-state index contributed by atoms with van der Waals surface area (Å²) in [5.74, 6) is 0.996. The zero-order valence-electron chi connectivity index (χ0n) is 12.2. The molecule has 1 aliphatic rings. The maximum Gasteiger partial charge on any atom is 0.333 e. The Morgan fingerprint density at radius 1 is 1.22 bits per heavy atom. The Morgan fingerprint density at radius 2 is 1.83 bits per heavy atom. The fourth-order valence-corrected chi connectivity index (χ4v) is 2.80. The molecule has 3 atom stereocenters. The second kappa shape index (κ2) is 6.21. The van der Waals surface area contributed by atoms with E-state index < -0.39 is 0 Å². The molecule has 18 heavy (non-hydrogen) atoms. The van der Waals surface area contributed by atoms with Crippen LogP contribution in [-0.4, -0.2) is 12.1 Å². The molecule has 0 bridgehead atoms. The molecule has 2 nitrogen and oxygen atoms in total. The molecule has 0 amide bonds. The van der Waals surface area contributed by atoms with Crippen molar-refractivity contribution >= 4 is 5.97 Å². The molecule has 0 saturated heterocycles. The van der Waals surface area contributed by atoms with Gasteiger partial charge in [-0.1, -0.05) is 32.1 Å². The van der Waals surface area contributed by atoms with Crippen molar-refractivity contribution in [3.63, 3.8) is 0 Å². The summed E-state index contributed by atoms with van der Waals surface area (Å²) in [4.78, 5) is 12.0. The van der Waals surface area contributed by atoms with Crippen molar-refractivity contribution in [2.45, 2.75) is 53.1 Å². The Hall–Kier alpha value is -1.05. The van der Waals surface area contributed by atoms with Crippen LogP contribution in [0.1, 0.15) is 47.0 Å². The molecule has 1 aliphatic carbocycles. The summed E-state index contributed by atoms with van der Waals surface area (Å²) in [6.45, 7) is 16.1. The predicted octanol–water partition coefficient (Wildman–Crippen LogP) is 4.12. The van der Waals surface area contributed by atoms with E-state index >= 15 is 0 Å². The van der Waals surface area contributed by atoms with Crippen LogP contribution in [0.2, 0.25) is 0 Å². The van der Waals surface area contributed by atoms with Crippen LogP contribution in [0.15, 0.2) is 24.3 Å². The quantitative estimate of drug-likeness (QED) is 0.426. The zero-order valence-corrected chi connectivity index (χ0v) is 12.2. The molecule has 0 radical (unpaired) electrons. The van der Waals surface area contributed by atoms with Gasteiger partial charge in [-0.15, -0.1) is 0 Å². The van der Waals surface area contributed by atoms with Gasteiger partial charge in [0, 0.05) is 5.57 Å². The summed E-state index contributed by atoms with van der Waals surface area (Å²) in [7, 11) is 0. The molecule has 0 aliphatic heterocycles. The lowest BCUT2D eigenvalue weighted by Gasteiger charge is -2.36. The van der Waals surface area contributed by atoms with E-state index in [-0.39, 0.29) is 18.0 Å². The van der Waals surface area contributed by atoms with Crippen LogP contribution in [0.25, 0.3) is 0 Å². The van der Waals surface area contributed by atoms with E-state index in [1.54, 1.807) is 0 Å². The number of allylic oxidation sites excluding steroid dienone is 1. The minimum atomic E-state index is -0.240. The average molecular weight is 250 g/mol. The molecule has 0 heterocycles. The zero-order chi connectivity index (χ0) is 13.9. The van der Waals surface area contributed by atoms with Crippen LogP contribution in [-0.2, 0) is 9.53 Å². The van der Waals surface area contributed by atoms with Gasteiger partial charge in [-0.3, -0.25) is 0 Å². The van der Waals surface area contributed by atoms with Crippen molar-refractivity contribution in [2.24, 2.45) is 17.8 Å². The van der Waals surface area contributed by atoms with Crippen LogP contribution < -0.4 is 0 Å². The molecule has 0 spiro atoms. The van der Waals surface area contributed by atoms with Crippen LogP contribution in [0.5, 0.6) is 0 Å². The normalized spacial score (nSPS) is 27.9. The number of carbonyl (C=O) groups is 1. The monoisotopic (exact) mass is 250 g/mol. The van der Waals surface area contributed by atoms with Gasteiger partial charge < -0.3 is 4.74 Å². The average Bonchev–Trinajstić information content (AvgIpc) is 2.26. The number of hydrogen-bond donors (Lipinski definition) is 0. The van der Waals surface area contributed by atoms with Crippen molar-refractivity contribution in [1.29, 1.82) is 0 Å². The SMILES string of the molecule is C=C(C)[C@H]1CC[C@H](C)C[C@@H]1C(=C)C(=O)OC(C)C. The number of rotatable bonds is 4. The largest absolute Gasteiger partial charge is 0.460 e. The first kappa shape index (κ1) is 15.0. The number of esters is 1. The highest BCUT2D eigenvalue weighted by Crippen LogP contribution is 2.41. The third kappa shape index (κ3) is 3.72. The Morgan fingerprint density at radius 3 is 2.33 bits per heavy atom. The lowest BCUT2D eigenvalue weighted by Crippen LogP contribution is -2.29. The van der Waals surface area contributed by atoms with Gasteiger partial charge in [0.1, 0.15) is 0 Å². The van der Waals surface area contributed by atoms with Crippen LogP contribution in [0.3, 0.4) is 0 Å². The van der Waals surface area contributed by atoms with Crippen molar-refractivity contribution < 1.29 is 9.53 Å². The number of ether oxygens (including phenoxy) is 1. The maximum atomic E-state index is 12.0. The van der Waals surface area contributed by atoms with E-state index in [4.69, 9.17) is 4.74 Å². The first-order chi connectivity index (χ1) is 8.32. The van der Waals surface area contributed by atoms with E-state index in [0.717, 1.165) is 18.4 Å². The van der Waals surface area contributed by atoms with E-state index in [1.165, 1.54) is 6.42 Å². The van der Waals surface area contributed by atoms with Gasteiger partial charge in [-0.25, -0.2) is 4.79 Å². The van der Waals surface area contributed by atoms with Gasteiger partial charge in [0.25, 0.3) is 0 Å². The van der Waals surface area contributed by atoms with Gasteiger partial charge in [-0.2, -0.15) is 0 Å². The lowest BCUT2D eigenvalue weighted by atomic mass is 9.69. The number of carbonyl (C=O) groups excluding carboxylic acids is 1. The van der Waals surface area contributed by atoms with E-state index in [2.05, 4.69) is 27.0 Å². The standard InChI is InChI=1S/C16H26O2/c1-10(2)14-8-7-12(5)9-15(14)13(6)16(17)18-11(3)4/h11-12,14-15H,1,6-9H2,2-5H3/t12-,14+,15+/m0/s1. The molecule has 0 unspecified atom stereocenters. The van der Waals surface area contributed by atoms with Crippen LogP contribution in [0.4, 0.5) is 0 Å². The Balaban J connectivity index is 2.78. The van der Waals surface area contributed by atoms with Gasteiger partial charge in [0.05, 0.1) is 6.10 Å². The van der Waals surface area contributed by atoms with Crippen molar-refractivity contribution in [2.75, 3.05) is 0 Å². The fourth-order valence-electron chi connectivity index (χ4n) is 2.80. The first-order valence-electron chi connectivity index (χ1n) is 6.88. The molecule has 1 saturated carbocycles. The highest BCUT2D eigenvalue weighted by Gasteiger charge is 2.34. The molecule has 1 fully saturated rings. The Kier molecular flexibility index (Phi) is 5.18. The van der Waals surface area contributed by atoms with E-state index in [9.17, 15) is 4.79 Å². The second-order valence-electron chi connectivity index (χ2n) is 5.96. The molecule has 2 heteroatoms. The topological polar surface area (TPSA) is 26.3 Å².